The monoisotopic (exact) mass is 159 g/mol. The Kier molecular flexibility index (Phi) is 9.96. The van der Waals surface area contributed by atoms with Gasteiger partial charge in [-0.2, -0.15) is 0 Å². The molecule has 0 aromatic heterocycles. The maximum Gasteiger partial charge on any atom is 0.237 e. The molecule has 0 amide bonds. The Morgan fingerprint density at radius 2 is 1.20 bits per heavy atom. The first-order chi connectivity index (χ1) is 4.13. The van der Waals surface area contributed by atoms with Crippen LogP contribution in [0.15, 0.2) is 0 Å². The van der Waals surface area contributed by atoms with Gasteiger partial charge in [0.05, 0.1) is 0 Å². The third kappa shape index (κ3) is 11.3. The van der Waals surface area contributed by atoms with E-state index in [-0.39, 0.29) is 6.15 Å². The van der Waals surface area contributed by atoms with Crippen molar-refractivity contribution in [3.63, 3.8) is 0 Å². The molecule has 0 saturated heterocycles. The second kappa shape index (κ2) is 7.60. The highest BCUT2D eigenvalue weighted by Gasteiger charge is 1.99. The highest BCUT2D eigenvalue weighted by Crippen LogP contribution is 2.05. The molecule has 0 aliphatic rings. The molecule has 0 radical (unpaired) electrons. The highest BCUT2D eigenvalue weighted by molar-refractivity contribution is 6.35. The lowest BCUT2D eigenvalue weighted by atomic mass is 10.3. The predicted molar refractivity (Wildman–Crippen MR) is 51.5 cm³/mol. The van der Waals surface area contributed by atoms with Crippen molar-refractivity contribution >= 4 is 15.2 Å². The quantitative estimate of drug-likeness (QED) is 0.629. The van der Waals surface area contributed by atoms with Gasteiger partial charge in [0.1, 0.15) is 0 Å². The molecular formula is C8H22AlN. The van der Waals surface area contributed by atoms with E-state index in [9.17, 15) is 0 Å². The third-order valence-corrected chi connectivity index (χ3v) is 4.69. The van der Waals surface area contributed by atoms with Crippen LogP contribution in [0.2, 0.25) is 10.6 Å². The third-order valence-electron chi connectivity index (χ3n) is 1.56. The van der Waals surface area contributed by atoms with Gasteiger partial charge in [-0.05, 0) is 0 Å². The van der Waals surface area contributed by atoms with Crippen molar-refractivity contribution in [1.29, 1.82) is 0 Å². The molecule has 0 spiro atoms. The minimum Gasteiger partial charge on any atom is -0.344 e. The Balaban J connectivity index is 0. The molecular weight excluding hydrogens is 137 g/mol. The van der Waals surface area contributed by atoms with Crippen molar-refractivity contribution in [3.8, 4) is 0 Å². The standard InChI is InChI=1S/2C4H9.Al.H3N.H/c2*1-4(2)3;;;/h2*4H,1H2,2-3H3;;1H3;. The molecule has 10 heavy (non-hydrogen) atoms. The molecule has 0 rings (SSSR count). The predicted octanol–water partition coefficient (Wildman–Crippen LogP) is 2.73. The second-order valence-electron chi connectivity index (χ2n) is 3.72. The van der Waals surface area contributed by atoms with E-state index in [4.69, 9.17) is 0 Å². The molecule has 1 nitrogen and oxygen atoms in total. The molecule has 0 aromatic rings. The molecule has 0 heterocycles. The van der Waals surface area contributed by atoms with Gasteiger partial charge < -0.3 is 6.15 Å². The maximum absolute atomic E-state index is 2.33. The average Bonchev–Trinajstić information content (AvgIpc) is 1.63. The summed E-state index contributed by atoms with van der Waals surface area (Å²) in [5, 5.41) is 3.08. The molecule has 62 valence electrons. The van der Waals surface area contributed by atoms with Gasteiger partial charge in [-0.3, -0.25) is 0 Å². The van der Waals surface area contributed by atoms with E-state index >= 15 is 0 Å². The van der Waals surface area contributed by atoms with Gasteiger partial charge in [0.25, 0.3) is 0 Å². The molecule has 0 aliphatic carbocycles. The maximum atomic E-state index is 2.33. The van der Waals surface area contributed by atoms with Crippen LogP contribution < -0.4 is 6.15 Å². The van der Waals surface area contributed by atoms with E-state index in [1.807, 2.05) is 0 Å². The Hall–Kier alpha value is 0.492. The Morgan fingerprint density at radius 3 is 1.40 bits per heavy atom. The number of hydrogen-bond donors (Lipinski definition) is 1. The summed E-state index contributed by atoms with van der Waals surface area (Å²) in [6, 6.07) is 0. The van der Waals surface area contributed by atoms with Crippen LogP contribution >= 0.6 is 0 Å². The van der Waals surface area contributed by atoms with Crippen molar-refractivity contribution in [1.82, 2.24) is 6.15 Å². The SMILES string of the molecule is CC(C)[CH2][AlH][CH2]C(C)C.N. The lowest BCUT2D eigenvalue weighted by Crippen LogP contribution is -1.99. The molecule has 3 N–H and O–H groups in total. The Bertz CT molecular complexity index is 54.3. The van der Waals surface area contributed by atoms with Crippen LogP contribution in [0.1, 0.15) is 27.7 Å². The van der Waals surface area contributed by atoms with Gasteiger partial charge in [-0.15, -0.1) is 0 Å². The van der Waals surface area contributed by atoms with Crippen molar-refractivity contribution in [3.05, 3.63) is 0 Å². The van der Waals surface area contributed by atoms with Crippen LogP contribution in [0.25, 0.3) is 0 Å². The zero-order valence-electron chi connectivity index (χ0n) is 7.98. The lowest BCUT2D eigenvalue weighted by Gasteiger charge is -2.03. The van der Waals surface area contributed by atoms with Gasteiger partial charge >= 0.3 is 0 Å². The van der Waals surface area contributed by atoms with Gasteiger partial charge in [0.2, 0.25) is 15.2 Å². The summed E-state index contributed by atoms with van der Waals surface area (Å²) >= 11 is 0.316. The van der Waals surface area contributed by atoms with E-state index in [1.165, 1.54) is 10.6 Å². The summed E-state index contributed by atoms with van der Waals surface area (Å²) in [4.78, 5) is 0. The van der Waals surface area contributed by atoms with Crippen molar-refractivity contribution in [2.45, 2.75) is 38.3 Å². The van der Waals surface area contributed by atoms with Crippen LogP contribution in [-0.4, -0.2) is 15.2 Å². The van der Waals surface area contributed by atoms with Gasteiger partial charge in [-0.1, -0.05) is 50.1 Å². The van der Waals surface area contributed by atoms with Crippen LogP contribution in [0.3, 0.4) is 0 Å². The normalized spacial score (nSPS) is 9.80. The fraction of sp³-hybridized carbons (Fsp3) is 1.00. The molecule has 0 saturated carbocycles. The minimum atomic E-state index is 0. The minimum absolute atomic E-state index is 0. The zero-order valence-corrected chi connectivity index (χ0v) is 9.40. The molecule has 0 bridgehead atoms. The van der Waals surface area contributed by atoms with Crippen molar-refractivity contribution in [2.24, 2.45) is 11.8 Å². The smallest absolute Gasteiger partial charge is 0.237 e. The summed E-state index contributed by atoms with van der Waals surface area (Å²) in [6.07, 6.45) is 0. The molecule has 2 heteroatoms. The van der Waals surface area contributed by atoms with Crippen molar-refractivity contribution < 1.29 is 0 Å². The van der Waals surface area contributed by atoms with E-state index in [1.54, 1.807) is 0 Å². The molecule has 0 fully saturated rings. The molecule has 0 unspecified atom stereocenters. The van der Waals surface area contributed by atoms with Gasteiger partial charge in [0, 0.05) is 0 Å². The Labute approximate surface area is 71.9 Å². The van der Waals surface area contributed by atoms with Crippen LogP contribution in [0.4, 0.5) is 0 Å². The van der Waals surface area contributed by atoms with Gasteiger partial charge in [0.15, 0.2) is 0 Å². The number of hydrogen-bond acceptors (Lipinski definition) is 1. The second-order valence-corrected chi connectivity index (χ2v) is 5.58. The first kappa shape index (κ1) is 13.1. The summed E-state index contributed by atoms with van der Waals surface area (Å²) in [7, 11) is 0. The lowest BCUT2D eigenvalue weighted by molar-refractivity contribution is 0.700. The van der Waals surface area contributed by atoms with E-state index < -0.39 is 0 Å². The van der Waals surface area contributed by atoms with Crippen LogP contribution in [0.5, 0.6) is 0 Å². The summed E-state index contributed by atoms with van der Waals surface area (Å²) < 4.78 is 0. The van der Waals surface area contributed by atoms with Crippen LogP contribution in [0, 0.1) is 11.8 Å². The topological polar surface area (TPSA) is 35.0 Å². The van der Waals surface area contributed by atoms with Crippen LogP contribution in [-0.2, 0) is 0 Å². The summed E-state index contributed by atoms with van der Waals surface area (Å²) in [5.74, 6) is 1.91. The van der Waals surface area contributed by atoms with Crippen molar-refractivity contribution in [2.75, 3.05) is 0 Å². The molecule has 0 aromatic carbocycles. The fourth-order valence-corrected chi connectivity index (χ4v) is 2.80. The van der Waals surface area contributed by atoms with E-state index in [2.05, 4.69) is 27.7 Å². The van der Waals surface area contributed by atoms with E-state index in [0.29, 0.717) is 15.2 Å². The highest BCUT2D eigenvalue weighted by atomic mass is 27.1. The first-order valence-corrected chi connectivity index (χ1v) is 6.13. The van der Waals surface area contributed by atoms with E-state index in [0.717, 1.165) is 11.8 Å². The van der Waals surface area contributed by atoms with Gasteiger partial charge in [-0.25, -0.2) is 0 Å². The molecule has 0 atom stereocenters. The molecule has 0 aliphatic heterocycles. The number of rotatable bonds is 4. The Morgan fingerprint density at radius 1 is 0.900 bits per heavy atom. The summed E-state index contributed by atoms with van der Waals surface area (Å²) in [5.41, 5.74) is 0. The zero-order chi connectivity index (χ0) is 7.28. The first-order valence-electron chi connectivity index (χ1n) is 4.13. The fourth-order valence-electron chi connectivity index (χ4n) is 0.934. The summed E-state index contributed by atoms with van der Waals surface area (Å²) in [6.45, 7) is 9.31. The average molecular weight is 159 g/mol. The largest absolute Gasteiger partial charge is 0.344 e.